The Labute approximate surface area is 191 Å². The molecule has 2 aliphatic rings. The van der Waals surface area contributed by atoms with Crippen LogP contribution in [0.5, 0.6) is 0 Å². The number of amides is 3. The number of imide groups is 1. The second kappa shape index (κ2) is 8.62. The monoisotopic (exact) mass is 442 g/mol. The number of hydrogen-bond donors (Lipinski definition) is 0. The summed E-state index contributed by atoms with van der Waals surface area (Å²) in [6.45, 7) is 0.766. The highest BCUT2D eigenvalue weighted by Crippen LogP contribution is 2.26. The lowest BCUT2D eigenvalue weighted by atomic mass is 10.0. The van der Waals surface area contributed by atoms with Gasteiger partial charge in [0.1, 0.15) is 5.82 Å². The zero-order chi connectivity index (χ0) is 22.9. The Bertz CT molecular complexity index is 1220. The smallest absolute Gasteiger partial charge is 0.261 e. The second-order valence-corrected chi connectivity index (χ2v) is 8.57. The van der Waals surface area contributed by atoms with Crippen LogP contribution in [0.3, 0.4) is 0 Å². The van der Waals surface area contributed by atoms with Crippen molar-refractivity contribution in [2.75, 3.05) is 6.54 Å². The summed E-state index contributed by atoms with van der Waals surface area (Å²) in [4.78, 5) is 41.8. The molecule has 5 nitrogen and oxygen atoms in total. The van der Waals surface area contributed by atoms with Crippen molar-refractivity contribution in [3.05, 3.63) is 106 Å². The van der Waals surface area contributed by atoms with Crippen molar-refractivity contribution in [2.45, 2.75) is 31.8 Å². The summed E-state index contributed by atoms with van der Waals surface area (Å²) in [7, 11) is 0. The SMILES string of the molecule is O=C1c2ccccc2C(=O)N1Cc1cccc(C(=O)N2CCCC2Cc2cccc(F)c2)c1. The molecular formula is C27H23FN2O3. The molecule has 0 radical (unpaired) electrons. The summed E-state index contributed by atoms with van der Waals surface area (Å²) < 4.78 is 13.6. The molecule has 0 aromatic heterocycles. The van der Waals surface area contributed by atoms with Crippen LogP contribution in [0.25, 0.3) is 0 Å². The van der Waals surface area contributed by atoms with Crippen molar-refractivity contribution in [2.24, 2.45) is 0 Å². The van der Waals surface area contributed by atoms with Gasteiger partial charge in [0.2, 0.25) is 0 Å². The molecule has 3 aromatic carbocycles. The molecule has 1 saturated heterocycles. The van der Waals surface area contributed by atoms with E-state index < -0.39 is 0 Å². The van der Waals surface area contributed by atoms with Crippen LogP contribution in [-0.2, 0) is 13.0 Å². The molecule has 1 atom stereocenters. The lowest BCUT2D eigenvalue weighted by molar-refractivity contribution is 0.0642. The van der Waals surface area contributed by atoms with Crippen molar-refractivity contribution in [1.82, 2.24) is 9.80 Å². The highest BCUT2D eigenvalue weighted by molar-refractivity contribution is 6.21. The van der Waals surface area contributed by atoms with Gasteiger partial charge in [0.05, 0.1) is 17.7 Å². The Balaban J connectivity index is 1.32. The highest BCUT2D eigenvalue weighted by Gasteiger charge is 2.35. The molecule has 2 heterocycles. The molecule has 0 saturated carbocycles. The lowest BCUT2D eigenvalue weighted by Gasteiger charge is -2.25. The van der Waals surface area contributed by atoms with Gasteiger partial charge in [0.25, 0.3) is 17.7 Å². The first-order chi connectivity index (χ1) is 16.0. The maximum absolute atomic E-state index is 13.6. The summed E-state index contributed by atoms with van der Waals surface area (Å²) in [5.41, 5.74) is 2.93. The molecule has 3 amide bonds. The predicted octanol–water partition coefficient (Wildman–Crippen LogP) is 4.47. The van der Waals surface area contributed by atoms with Gasteiger partial charge in [-0.05, 0) is 66.8 Å². The molecule has 0 bridgehead atoms. The Kier molecular flexibility index (Phi) is 5.50. The number of likely N-dealkylation sites (tertiary alicyclic amines) is 1. The average molecular weight is 442 g/mol. The second-order valence-electron chi connectivity index (χ2n) is 8.57. The minimum absolute atomic E-state index is 0.0131. The minimum atomic E-state index is -0.318. The maximum Gasteiger partial charge on any atom is 0.261 e. The minimum Gasteiger partial charge on any atom is -0.335 e. The van der Waals surface area contributed by atoms with E-state index in [9.17, 15) is 18.8 Å². The van der Waals surface area contributed by atoms with Gasteiger partial charge < -0.3 is 4.90 Å². The lowest BCUT2D eigenvalue weighted by Crippen LogP contribution is -2.37. The zero-order valence-corrected chi connectivity index (χ0v) is 18.0. The predicted molar refractivity (Wildman–Crippen MR) is 121 cm³/mol. The number of halogens is 1. The summed E-state index contributed by atoms with van der Waals surface area (Å²) in [5.74, 6) is -0.994. The molecule has 0 spiro atoms. The third-order valence-electron chi connectivity index (χ3n) is 6.39. The molecule has 0 aliphatic carbocycles. The Morgan fingerprint density at radius 1 is 0.879 bits per heavy atom. The van der Waals surface area contributed by atoms with Gasteiger partial charge in [0.15, 0.2) is 0 Å². The first-order valence-corrected chi connectivity index (χ1v) is 11.1. The van der Waals surface area contributed by atoms with E-state index >= 15 is 0 Å². The van der Waals surface area contributed by atoms with Crippen LogP contribution >= 0.6 is 0 Å². The Morgan fingerprint density at radius 2 is 1.58 bits per heavy atom. The average Bonchev–Trinajstić information content (AvgIpc) is 3.38. The van der Waals surface area contributed by atoms with Crippen LogP contribution in [0.4, 0.5) is 4.39 Å². The summed E-state index contributed by atoms with van der Waals surface area (Å²) in [5, 5.41) is 0. The molecule has 166 valence electrons. The van der Waals surface area contributed by atoms with Gasteiger partial charge in [-0.2, -0.15) is 0 Å². The van der Waals surface area contributed by atoms with E-state index in [1.165, 1.54) is 17.0 Å². The molecular weight excluding hydrogens is 419 g/mol. The first-order valence-electron chi connectivity index (χ1n) is 11.1. The van der Waals surface area contributed by atoms with E-state index in [0.29, 0.717) is 29.7 Å². The molecule has 1 unspecified atom stereocenters. The van der Waals surface area contributed by atoms with E-state index in [4.69, 9.17) is 0 Å². The van der Waals surface area contributed by atoms with Crippen LogP contribution < -0.4 is 0 Å². The van der Waals surface area contributed by atoms with Crippen molar-refractivity contribution in [3.63, 3.8) is 0 Å². The molecule has 5 rings (SSSR count). The van der Waals surface area contributed by atoms with Gasteiger partial charge in [-0.25, -0.2) is 4.39 Å². The number of nitrogens with zero attached hydrogens (tertiary/aromatic N) is 2. The van der Waals surface area contributed by atoms with E-state index in [2.05, 4.69) is 0 Å². The summed E-state index contributed by atoms with van der Waals surface area (Å²) >= 11 is 0. The third-order valence-corrected chi connectivity index (χ3v) is 6.39. The van der Waals surface area contributed by atoms with E-state index in [0.717, 1.165) is 24.0 Å². The van der Waals surface area contributed by atoms with Crippen LogP contribution in [-0.4, -0.2) is 40.1 Å². The fourth-order valence-electron chi connectivity index (χ4n) is 4.79. The highest BCUT2D eigenvalue weighted by atomic mass is 19.1. The van der Waals surface area contributed by atoms with Crippen LogP contribution in [0.1, 0.15) is 55.0 Å². The topological polar surface area (TPSA) is 57.7 Å². The standard InChI is InChI=1S/C27H23FN2O3/c28-21-9-4-6-18(15-21)16-22-10-5-13-29(22)25(31)20-8-3-7-19(14-20)17-30-26(32)23-11-1-2-12-24(23)27(30)33/h1-4,6-9,11-12,14-15,22H,5,10,13,16-17H2. The molecule has 33 heavy (non-hydrogen) atoms. The number of fused-ring (bicyclic) bond motifs is 1. The third kappa shape index (κ3) is 4.04. The quantitative estimate of drug-likeness (QED) is 0.548. The number of rotatable bonds is 5. The van der Waals surface area contributed by atoms with Gasteiger partial charge in [-0.15, -0.1) is 0 Å². The molecule has 0 N–H and O–H groups in total. The number of benzene rings is 3. The molecule has 2 aliphatic heterocycles. The van der Waals surface area contributed by atoms with Crippen LogP contribution in [0.15, 0.2) is 72.8 Å². The Hall–Kier alpha value is -3.80. The zero-order valence-electron chi connectivity index (χ0n) is 18.0. The summed E-state index contributed by atoms with van der Waals surface area (Å²) in [6.07, 6.45) is 2.38. The number of carbonyl (C=O) groups excluding carboxylic acids is 3. The van der Waals surface area contributed by atoms with Gasteiger partial charge in [-0.1, -0.05) is 36.4 Å². The van der Waals surface area contributed by atoms with Crippen molar-refractivity contribution in [3.8, 4) is 0 Å². The van der Waals surface area contributed by atoms with Gasteiger partial charge in [0, 0.05) is 18.2 Å². The summed E-state index contributed by atoms with van der Waals surface area (Å²) in [6, 6.07) is 20.4. The van der Waals surface area contributed by atoms with E-state index in [1.807, 2.05) is 17.0 Å². The van der Waals surface area contributed by atoms with Gasteiger partial charge in [-0.3, -0.25) is 19.3 Å². The fourth-order valence-corrected chi connectivity index (χ4v) is 4.79. The molecule has 6 heteroatoms. The normalized spacial score (nSPS) is 17.5. The van der Waals surface area contributed by atoms with Crippen molar-refractivity contribution >= 4 is 17.7 Å². The van der Waals surface area contributed by atoms with Crippen molar-refractivity contribution < 1.29 is 18.8 Å². The van der Waals surface area contributed by atoms with E-state index in [-0.39, 0.29) is 36.1 Å². The number of hydrogen-bond acceptors (Lipinski definition) is 3. The van der Waals surface area contributed by atoms with E-state index in [1.54, 1.807) is 48.5 Å². The van der Waals surface area contributed by atoms with Gasteiger partial charge >= 0.3 is 0 Å². The fraction of sp³-hybridized carbons (Fsp3) is 0.222. The van der Waals surface area contributed by atoms with Crippen LogP contribution in [0, 0.1) is 5.82 Å². The maximum atomic E-state index is 13.6. The largest absolute Gasteiger partial charge is 0.335 e. The molecule has 1 fully saturated rings. The molecule has 3 aromatic rings. The Morgan fingerprint density at radius 3 is 2.30 bits per heavy atom. The van der Waals surface area contributed by atoms with Crippen molar-refractivity contribution in [1.29, 1.82) is 0 Å². The number of carbonyl (C=O) groups is 3. The van der Waals surface area contributed by atoms with Crippen LogP contribution in [0.2, 0.25) is 0 Å². The first kappa shape index (κ1) is 21.1.